The highest BCUT2D eigenvalue weighted by Crippen LogP contribution is 2.22. The van der Waals surface area contributed by atoms with E-state index in [2.05, 4.69) is 0 Å². The summed E-state index contributed by atoms with van der Waals surface area (Å²) in [6, 6.07) is 7.15. The lowest BCUT2D eigenvalue weighted by molar-refractivity contribution is -0.0975. The van der Waals surface area contributed by atoms with Crippen LogP contribution >= 0.6 is 0 Å². The Kier molecular flexibility index (Phi) is 5.15. The predicted octanol–water partition coefficient (Wildman–Crippen LogP) is 2.85. The average molecular weight is 278 g/mol. The van der Waals surface area contributed by atoms with Gasteiger partial charge in [-0.3, -0.25) is 4.79 Å². The molecule has 0 aliphatic carbocycles. The number of ketones is 1. The molecule has 2 atom stereocenters. The van der Waals surface area contributed by atoms with Crippen LogP contribution in [0.2, 0.25) is 0 Å². The highest BCUT2D eigenvalue weighted by Gasteiger charge is 2.25. The highest BCUT2D eigenvalue weighted by molar-refractivity contribution is 5.97. The number of benzene rings is 1. The molecule has 1 aliphatic heterocycles. The first-order valence-electron chi connectivity index (χ1n) is 7.02. The van der Waals surface area contributed by atoms with E-state index in [-0.39, 0.29) is 30.7 Å². The fraction of sp³-hybridized carbons (Fsp3) is 0.562. The number of rotatable bonds is 5. The molecule has 0 bridgehead atoms. The minimum Gasteiger partial charge on any atom is -0.497 e. The average Bonchev–Trinajstić information content (AvgIpc) is 2.44. The van der Waals surface area contributed by atoms with Gasteiger partial charge in [-0.1, -0.05) is 12.1 Å². The van der Waals surface area contributed by atoms with Gasteiger partial charge in [-0.15, -0.1) is 0 Å². The van der Waals surface area contributed by atoms with Crippen molar-refractivity contribution in [1.82, 2.24) is 0 Å². The molecule has 1 aliphatic rings. The first-order valence-corrected chi connectivity index (χ1v) is 7.02. The van der Waals surface area contributed by atoms with Crippen molar-refractivity contribution in [2.75, 3.05) is 13.7 Å². The Bertz CT molecular complexity index is 448. The van der Waals surface area contributed by atoms with Crippen molar-refractivity contribution in [2.24, 2.45) is 0 Å². The maximum atomic E-state index is 12.1. The number of carbonyl (C=O) groups is 1. The van der Waals surface area contributed by atoms with E-state index in [1.807, 2.05) is 26.0 Å². The van der Waals surface area contributed by atoms with Crippen molar-refractivity contribution in [3.05, 3.63) is 29.8 Å². The Hall–Kier alpha value is -1.39. The Morgan fingerprint density at radius 3 is 2.65 bits per heavy atom. The van der Waals surface area contributed by atoms with Crippen LogP contribution in [0.5, 0.6) is 5.75 Å². The van der Waals surface area contributed by atoms with Gasteiger partial charge in [-0.25, -0.2) is 0 Å². The van der Waals surface area contributed by atoms with Gasteiger partial charge in [0.25, 0.3) is 0 Å². The standard InChI is InChI=1S/C16H22O4/c1-11-7-15(8-12(2)20-11)19-10-16(17)13-5-4-6-14(9-13)18-3/h4-6,9,11-12,15H,7-8,10H2,1-3H3. The summed E-state index contributed by atoms with van der Waals surface area (Å²) in [5, 5.41) is 0. The van der Waals surface area contributed by atoms with E-state index in [4.69, 9.17) is 14.2 Å². The molecule has 0 amide bonds. The Morgan fingerprint density at radius 1 is 1.30 bits per heavy atom. The number of carbonyl (C=O) groups excluding carboxylic acids is 1. The van der Waals surface area contributed by atoms with Crippen LogP contribution in [0, 0.1) is 0 Å². The molecule has 1 aromatic rings. The molecule has 1 aromatic carbocycles. The van der Waals surface area contributed by atoms with Gasteiger partial charge in [0.15, 0.2) is 5.78 Å². The maximum absolute atomic E-state index is 12.1. The zero-order valence-corrected chi connectivity index (χ0v) is 12.3. The molecular formula is C16H22O4. The Labute approximate surface area is 120 Å². The summed E-state index contributed by atoms with van der Waals surface area (Å²) >= 11 is 0. The molecule has 0 spiro atoms. The molecule has 0 N–H and O–H groups in total. The van der Waals surface area contributed by atoms with Crippen LogP contribution in [-0.4, -0.2) is 37.8 Å². The SMILES string of the molecule is COc1cccc(C(=O)COC2CC(C)OC(C)C2)c1. The molecular weight excluding hydrogens is 256 g/mol. The third-order valence-electron chi connectivity index (χ3n) is 3.50. The molecule has 110 valence electrons. The van der Waals surface area contributed by atoms with Crippen molar-refractivity contribution in [1.29, 1.82) is 0 Å². The van der Waals surface area contributed by atoms with E-state index in [0.29, 0.717) is 11.3 Å². The summed E-state index contributed by atoms with van der Waals surface area (Å²) in [7, 11) is 1.59. The predicted molar refractivity (Wildman–Crippen MR) is 76.3 cm³/mol. The lowest BCUT2D eigenvalue weighted by Gasteiger charge is -2.31. The topological polar surface area (TPSA) is 44.8 Å². The molecule has 0 radical (unpaired) electrons. The van der Waals surface area contributed by atoms with Gasteiger partial charge in [0.2, 0.25) is 0 Å². The lowest BCUT2D eigenvalue weighted by atomic mass is 10.0. The van der Waals surface area contributed by atoms with Gasteiger partial charge >= 0.3 is 0 Å². The second-order valence-corrected chi connectivity index (χ2v) is 5.32. The number of Topliss-reactive ketones (excluding diaryl/α,β-unsaturated/α-hetero) is 1. The molecule has 2 rings (SSSR count). The Balaban J connectivity index is 1.88. The zero-order valence-electron chi connectivity index (χ0n) is 12.3. The third-order valence-corrected chi connectivity index (χ3v) is 3.50. The van der Waals surface area contributed by atoms with Crippen LogP contribution in [0.1, 0.15) is 37.0 Å². The van der Waals surface area contributed by atoms with E-state index < -0.39 is 0 Å². The molecule has 20 heavy (non-hydrogen) atoms. The van der Waals surface area contributed by atoms with Gasteiger partial charge in [0, 0.05) is 5.56 Å². The van der Waals surface area contributed by atoms with Crippen molar-refractivity contribution in [3.63, 3.8) is 0 Å². The molecule has 4 nitrogen and oxygen atoms in total. The Morgan fingerprint density at radius 2 is 2.00 bits per heavy atom. The zero-order chi connectivity index (χ0) is 14.5. The summed E-state index contributed by atoms with van der Waals surface area (Å²) in [5.74, 6) is 0.667. The lowest BCUT2D eigenvalue weighted by Crippen LogP contribution is -2.35. The molecule has 0 aromatic heterocycles. The molecule has 2 unspecified atom stereocenters. The fourth-order valence-corrected chi connectivity index (χ4v) is 2.55. The van der Waals surface area contributed by atoms with Gasteiger partial charge in [0.1, 0.15) is 12.4 Å². The summed E-state index contributed by atoms with van der Waals surface area (Å²) in [5.41, 5.74) is 0.623. The summed E-state index contributed by atoms with van der Waals surface area (Å²) < 4.78 is 16.5. The van der Waals surface area contributed by atoms with Gasteiger partial charge < -0.3 is 14.2 Å². The largest absolute Gasteiger partial charge is 0.497 e. The smallest absolute Gasteiger partial charge is 0.188 e. The first kappa shape index (κ1) is 15.0. The van der Waals surface area contributed by atoms with Crippen LogP contribution in [0.15, 0.2) is 24.3 Å². The molecule has 1 fully saturated rings. The van der Waals surface area contributed by atoms with Crippen LogP contribution in [0.4, 0.5) is 0 Å². The van der Waals surface area contributed by atoms with E-state index in [9.17, 15) is 4.79 Å². The van der Waals surface area contributed by atoms with Crippen LogP contribution in [0.3, 0.4) is 0 Å². The van der Waals surface area contributed by atoms with Crippen molar-refractivity contribution < 1.29 is 19.0 Å². The van der Waals surface area contributed by atoms with E-state index in [1.54, 1.807) is 19.2 Å². The molecule has 1 heterocycles. The van der Waals surface area contributed by atoms with Gasteiger partial charge in [-0.05, 0) is 38.8 Å². The number of ether oxygens (including phenoxy) is 3. The first-order chi connectivity index (χ1) is 9.58. The summed E-state index contributed by atoms with van der Waals surface area (Å²) in [4.78, 5) is 12.1. The van der Waals surface area contributed by atoms with E-state index in [1.165, 1.54) is 0 Å². The minimum absolute atomic E-state index is 0.0179. The number of hydrogen-bond donors (Lipinski definition) is 0. The fourth-order valence-electron chi connectivity index (χ4n) is 2.55. The highest BCUT2D eigenvalue weighted by atomic mass is 16.5. The molecule has 4 heteroatoms. The second kappa shape index (κ2) is 6.86. The van der Waals surface area contributed by atoms with Crippen LogP contribution < -0.4 is 4.74 Å². The number of methoxy groups -OCH3 is 1. The minimum atomic E-state index is -0.0179. The summed E-state index contributed by atoms with van der Waals surface area (Å²) in [6.07, 6.45) is 2.17. The molecule has 1 saturated heterocycles. The van der Waals surface area contributed by atoms with Gasteiger partial charge in [-0.2, -0.15) is 0 Å². The maximum Gasteiger partial charge on any atom is 0.188 e. The number of hydrogen-bond acceptors (Lipinski definition) is 4. The van der Waals surface area contributed by atoms with Gasteiger partial charge in [0.05, 0.1) is 25.4 Å². The molecule has 0 saturated carbocycles. The second-order valence-electron chi connectivity index (χ2n) is 5.32. The summed E-state index contributed by atoms with van der Waals surface area (Å²) in [6.45, 7) is 4.18. The quantitative estimate of drug-likeness (QED) is 0.777. The van der Waals surface area contributed by atoms with E-state index >= 15 is 0 Å². The van der Waals surface area contributed by atoms with Crippen LogP contribution in [0.25, 0.3) is 0 Å². The van der Waals surface area contributed by atoms with Crippen molar-refractivity contribution >= 4 is 5.78 Å². The monoisotopic (exact) mass is 278 g/mol. The van der Waals surface area contributed by atoms with Crippen molar-refractivity contribution in [2.45, 2.75) is 45.0 Å². The van der Waals surface area contributed by atoms with Crippen molar-refractivity contribution in [3.8, 4) is 5.75 Å². The van der Waals surface area contributed by atoms with E-state index in [0.717, 1.165) is 12.8 Å². The third kappa shape index (κ3) is 4.05. The normalized spacial score (nSPS) is 26.2. The van der Waals surface area contributed by atoms with Crippen LogP contribution in [-0.2, 0) is 9.47 Å².